The van der Waals surface area contributed by atoms with Crippen molar-refractivity contribution >= 4 is 47.4 Å². The van der Waals surface area contributed by atoms with Gasteiger partial charge in [-0.2, -0.15) is 0 Å². The van der Waals surface area contributed by atoms with Crippen LogP contribution in [0.15, 0.2) is 59.4 Å². The lowest BCUT2D eigenvalue weighted by Crippen LogP contribution is -2.39. The number of carbonyl (C=O) groups is 2. The third-order valence-corrected chi connectivity index (χ3v) is 5.47. The van der Waals surface area contributed by atoms with E-state index in [-0.39, 0.29) is 30.0 Å². The first-order valence-corrected chi connectivity index (χ1v) is 10.3. The van der Waals surface area contributed by atoms with Crippen LogP contribution < -0.4 is 11.2 Å². The standard InChI is InChI=1S/C23H23N5O4.ClH/c29-21(26-32)10-8-16-4-3-5-17(24-16)9-11-22(30)27-14-12-18(13-15-27)28-20-7-2-1-6-19(20)25-23(28)31;/h1-11,18,32H,12-15H2,(H,25,31)(H,26,29);1H. The Morgan fingerprint density at radius 2 is 1.70 bits per heavy atom. The zero-order chi connectivity index (χ0) is 22.5. The summed E-state index contributed by atoms with van der Waals surface area (Å²) in [6.07, 6.45) is 7.13. The summed E-state index contributed by atoms with van der Waals surface area (Å²) in [5.41, 5.74) is 4.20. The van der Waals surface area contributed by atoms with Gasteiger partial charge in [0, 0.05) is 31.3 Å². The van der Waals surface area contributed by atoms with Crippen LogP contribution in [0.2, 0.25) is 0 Å². The van der Waals surface area contributed by atoms with Gasteiger partial charge in [-0.25, -0.2) is 15.3 Å². The minimum absolute atomic E-state index is 0. The van der Waals surface area contributed by atoms with Gasteiger partial charge in [0.15, 0.2) is 0 Å². The summed E-state index contributed by atoms with van der Waals surface area (Å²) in [6, 6.07) is 12.9. The van der Waals surface area contributed by atoms with Crippen molar-refractivity contribution in [3.63, 3.8) is 0 Å². The maximum Gasteiger partial charge on any atom is 0.326 e. The fourth-order valence-corrected chi connectivity index (χ4v) is 3.90. The number of hydroxylamine groups is 1. The minimum atomic E-state index is -0.652. The molecule has 0 unspecified atom stereocenters. The molecule has 10 heteroatoms. The van der Waals surface area contributed by atoms with Gasteiger partial charge in [-0.3, -0.25) is 19.4 Å². The molecule has 9 nitrogen and oxygen atoms in total. The van der Waals surface area contributed by atoms with Gasteiger partial charge >= 0.3 is 5.69 Å². The molecule has 172 valence electrons. The van der Waals surface area contributed by atoms with Crippen LogP contribution >= 0.6 is 12.4 Å². The SMILES string of the molecule is Cl.O=C(C=Cc1cccc(C=CC(=O)N2CCC(n3c(=O)[nH]c4ccccc43)CC2)n1)NO. The van der Waals surface area contributed by atoms with Gasteiger partial charge in [0.25, 0.3) is 5.91 Å². The number of nitrogens with one attached hydrogen (secondary N) is 2. The zero-order valence-corrected chi connectivity index (χ0v) is 18.5. The first-order chi connectivity index (χ1) is 15.5. The molecule has 1 aliphatic rings. The van der Waals surface area contributed by atoms with Crippen molar-refractivity contribution in [2.45, 2.75) is 18.9 Å². The highest BCUT2D eigenvalue weighted by atomic mass is 35.5. The molecule has 1 fully saturated rings. The van der Waals surface area contributed by atoms with E-state index in [9.17, 15) is 14.4 Å². The van der Waals surface area contributed by atoms with Gasteiger partial charge in [-0.1, -0.05) is 18.2 Å². The Bertz CT molecular complexity index is 1250. The first-order valence-electron chi connectivity index (χ1n) is 10.3. The molecular weight excluding hydrogens is 446 g/mol. The van der Waals surface area contributed by atoms with Gasteiger partial charge in [-0.15, -0.1) is 12.4 Å². The third-order valence-electron chi connectivity index (χ3n) is 5.47. The summed E-state index contributed by atoms with van der Waals surface area (Å²) in [5, 5.41) is 8.52. The van der Waals surface area contributed by atoms with E-state index in [2.05, 4.69) is 9.97 Å². The number of rotatable bonds is 5. The molecule has 2 aromatic heterocycles. The predicted octanol–water partition coefficient (Wildman–Crippen LogP) is 2.54. The van der Waals surface area contributed by atoms with Crippen LogP contribution in [0.3, 0.4) is 0 Å². The van der Waals surface area contributed by atoms with Crippen molar-refractivity contribution in [2.24, 2.45) is 0 Å². The summed E-state index contributed by atoms with van der Waals surface area (Å²) in [5.74, 6) is -0.765. The van der Waals surface area contributed by atoms with Crippen LogP contribution in [0.1, 0.15) is 30.3 Å². The lowest BCUT2D eigenvalue weighted by atomic mass is 10.0. The summed E-state index contributed by atoms with van der Waals surface area (Å²) < 4.78 is 1.80. The number of hydrogen-bond donors (Lipinski definition) is 3. The van der Waals surface area contributed by atoms with Crippen LogP contribution in [0.5, 0.6) is 0 Å². The molecule has 0 spiro atoms. The molecule has 2 amide bonds. The van der Waals surface area contributed by atoms with Crippen molar-refractivity contribution in [3.05, 3.63) is 76.5 Å². The summed E-state index contributed by atoms with van der Waals surface area (Å²) in [6.45, 7) is 1.12. The number of amides is 2. The molecule has 3 heterocycles. The fraction of sp³-hybridized carbons (Fsp3) is 0.217. The van der Waals surface area contributed by atoms with E-state index in [4.69, 9.17) is 5.21 Å². The second-order valence-electron chi connectivity index (χ2n) is 7.50. The average molecular weight is 470 g/mol. The Balaban J connectivity index is 0.00000306. The van der Waals surface area contributed by atoms with Crippen molar-refractivity contribution in [1.82, 2.24) is 24.9 Å². The van der Waals surface area contributed by atoms with Gasteiger partial charge in [-0.05, 0) is 49.3 Å². The topological polar surface area (TPSA) is 120 Å². The second-order valence-corrected chi connectivity index (χ2v) is 7.50. The molecule has 0 radical (unpaired) electrons. The van der Waals surface area contributed by atoms with E-state index < -0.39 is 5.91 Å². The lowest BCUT2D eigenvalue weighted by Gasteiger charge is -2.32. The van der Waals surface area contributed by atoms with E-state index >= 15 is 0 Å². The third kappa shape index (κ3) is 5.57. The Hall–Kier alpha value is -3.69. The van der Waals surface area contributed by atoms with E-state index in [0.29, 0.717) is 37.3 Å². The van der Waals surface area contributed by atoms with E-state index in [1.54, 1.807) is 33.7 Å². The molecule has 0 bridgehead atoms. The number of likely N-dealkylation sites (tertiary alicyclic amines) is 1. The number of carbonyl (C=O) groups excluding carboxylic acids is 2. The largest absolute Gasteiger partial charge is 0.339 e. The Morgan fingerprint density at radius 1 is 1.03 bits per heavy atom. The quantitative estimate of drug-likeness (QED) is 0.301. The Morgan fingerprint density at radius 3 is 2.39 bits per heavy atom. The van der Waals surface area contributed by atoms with Crippen LogP contribution in [0, 0.1) is 0 Å². The molecule has 0 saturated carbocycles. The number of halogens is 1. The molecule has 1 saturated heterocycles. The molecule has 3 N–H and O–H groups in total. The number of nitrogens with zero attached hydrogens (tertiary/aromatic N) is 3. The van der Waals surface area contributed by atoms with E-state index in [1.807, 2.05) is 24.3 Å². The monoisotopic (exact) mass is 469 g/mol. The molecule has 3 aromatic rings. The first kappa shape index (κ1) is 24.0. The molecule has 0 aliphatic carbocycles. The van der Waals surface area contributed by atoms with E-state index in [0.717, 1.165) is 17.1 Å². The fourth-order valence-electron chi connectivity index (χ4n) is 3.90. The van der Waals surface area contributed by atoms with Crippen LogP contribution in [0.4, 0.5) is 0 Å². The van der Waals surface area contributed by atoms with Gasteiger partial charge in [0.1, 0.15) is 0 Å². The number of benzene rings is 1. The summed E-state index contributed by atoms with van der Waals surface area (Å²) >= 11 is 0. The van der Waals surface area contributed by atoms with Crippen molar-refractivity contribution < 1.29 is 14.8 Å². The minimum Gasteiger partial charge on any atom is -0.339 e. The van der Waals surface area contributed by atoms with Gasteiger partial charge < -0.3 is 9.88 Å². The molecule has 4 rings (SSSR count). The summed E-state index contributed by atoms with van der Waals surface area (Å²) in [7, 11) is 0. The number of imidazole rings is 1. The van der Waals surface area contributed by atoms with Crippen molar-refractivity contribution in [3.8, 4) is 0 Å². The number of fused-ring (bicyclic) bond motifs is 1. The number of aromatic amines is 1. The number of hydrogen-bond acceptors (Lipinski definition) is 5. The average Bonchev–Trinajstić information content (AvgIpc) is 3.17. The van der Waals surface area contributed by atoms with Crippen LogP contribution in [-0.2, 0) is 9.59 Å². The lowest BCUT2D eigenvalue weighted by molar-refractivity contribution is -0.127. The second kappa shape index (κ2) is 10.8. The number of para-hydroxylation sites is 2. The molecule has 1 aliphatic heterocycles. The summed E-state index contributed by atoms with van der Waals surface area (Å²) in [4.78, 5) is 45.1. The normalized spacial score (nSPS) is 14.6. The molecular formula is C23H24ClN5O4. The maximum atomic E-state index is 12.6. The van der Waals surface area contributed by atoms with Gasteiger partial charge in [0.05, 0.1) is 22.4 Å². The molecule has 0 atom stereocenters. The number of H-pyrrole nitrogens is 1. The van der Waals surface area contributed by atoms with Crippen LogP contribution in [-0.4, -0.2) is 49.5 Å². The maximum absolute atomic E-state index is 12.6. The smallest absolute Gasteiger partial charge is 0.326 e. The van der Waals surface area contributed by atoms with Crippen molar-refractivity contribution in [2.75, 3.05) is 13.1 Å². The number of aromatic nitrogens is 3. The van der Waals surface area contributed by atoms with Crippen LogP contribution in [0.25, 0.3) is 23.2 Å². The highest BCUT2D eigenvalue weighted by Gasteiger charge is 2.25. The highest BCUT2D eigenvalue weighted by Crippen LogP contribution is 2.25. The number of pyridine rings is 1. The molecule has 33 heavy (non-hydrogen) atoms. The predicted molar refractivity (Wildman–Crippen MR) is 127 cm³/mol. The highest BCUT2D eigenvalue weighted by molar-refractivity contribution is 5.92. The van der Waals surface area contributed by atoms with Gasteiger partial charge in [0.2, 0.25) is 5.91 Å². The van der Waals surface area contributed by atoms with Crippen molar-refractivity contribution in [1.29, 1.82) is 0 Å². The number of piperidine rings is 1. The Labute approximate surface area is 195 Å². The Kier molecular flexibility index (Phi) is 7.81. The zero-order valence-electron chi connectivity index (χ0n) is 17.7. The van der Waals surface area contributed by atoms with E-state index in [1.165, 1.54) is 17.6 Å². The molecule has 1 aromatic carbocycles.